The van der Waals surface area contributed by atoms with Crippen LogP contribution in [0.5, 0.6) is 5.75 Å². The molecule has 172 valence electrons. The van der Waals surface area contributed by atoms with Crippen molar-refractivity contribution in [2.45, 2.75) is 12.0 Å². The third-order valence-corrected chi connectivity index (χ3v) is 6.31. The van der Waals surface area contributed by atoms with Crippen LogP contribution in [0, 0.1) is 0 Å². The van der Waals surface area contributed by atoms with Crippen molar-refractivity contribution in [2.24, 2.45) is 5.73 Å². The molecular weight excluding hydrogens is 448 g/mol. The number of esters is 1. The number of hydrogen-bond donors (Lipinski definition) is 2. The van der Waals surface area contributed by atoms with Crippen LogP contribution in [0.3, 0.4) is 0 Å². The van der Waals surface area contributed by atoms with Gasteiger partial charge in [0.05, 0.1) is 5.39 Å². The molecule has 0 fully saturated rings. The Kier molecular flexibility index (Phi) is 4.50. The molecule has 2 aliphatic heterocycles. The molecule has 0 saturated heterocycles. The molecule has 1 unspecified atom stereocenters. The summed E-state index contributed by atoms with van der Waals surface area (Å²) in [5.41, 5.74) is 5.03. The van der Waals surface area contributed by atoms with Crippen molar-refractivity contribution in [2.75, 3.05) is 5.32 Å². The minimum absolute atomic E-state index is 0.0605. The van der Waals surface area contributed by atoms with Crippen LogP contribution in [-0.2, 0) is 26.3 Å². The van der Waals surface area contributed by atoms with Crippen molar-refractivity contribution in [3.05, 3.63) is 117 Å². The maximum atomic E-state index is 13.7. The van der Waals surface area contributed by atoms with Crippen molar-refractivity contribution in [3.63, 3.8) is 0 Å². The van der Waals surface area contributed by atoms with Gasteiger partial charge in [-0.25, -0.2) is 9.59 Å². The highest BCUT2D eigenvalue weighted by Crippen LogP contribution is 2.53. The Hall–Kier alpha value is -4.85. The van der Waals surface area contributed by atoms with Gasteiger partial charge in [-0.1, -0.05) is 60.7 Å². The monoisotopic (exact) mass is 466 g/mol. The lowest BCUT2D eigenvalue weighted by molar-refractivity contribution is -0.142. The van der Waals surface area contributed by atoms with Crippen molar-refractivity contribution >= 4 is 28.5 Å². The minimum atomic E-state index is -1.91. The van der Waals surface area contributed by atoms with Gasteiger partial charge >= 0.3 is 11.6 Å². The molecule has 1 spiro atoms. The molecule has 0 aliphatic carbocycles. The van der Waals surface area contributed by atoms with E-state index in [4.69, 9.17) is 19.6 Å². The number of fused-ring (bicyclic) bond motifs is 6. The Labute approximate surface area is 198 Å². The van der Waals surface area contributed by atoms with E-state index in [0.717, 1.165) is 5.56 Å². The summed E-state index contributed by atoms with van der Waals surface area (Å²) in [6, 6.07) is 22.6. The van der Waals surface area contributed by atoms with Gasteiger partial charge in [0.15, 0.2) is 5.75 Å². The largest absolute Gasteiger partial charge is 0.457 e. The lowest BCUT2D eigenvalue weighted by Crippen LogP contribution is -2.48. The summed E-state index contributed by atoms with van der Waals surface area (Å²) >= 11 is 0. The van der Waals surface area contributed by atoms with E-state index in [1.165, 1.54) is 0 Å². The molecule has 3 aromatic carbocycles. The number of amides is 1. The average molecular weight is 466 g/mol. The van der Waals surface area contributed by atoms with E-state index >= 15 is 0 Å². The van der Waals surface area contributed by atoms with Crippen LogP contribution in [0.2, 0.25) is 0 Å². The van der Waals surface area contributed by atoms with E-state index < -0.39 is 22.9 Å². The van der Waals surface area contributed by atoms with Crippen LogP contribution < -0.4 is 21.4 Å². The Bertz CT molecular complexity index is 1620. The molecule has 0 radical (unpaired) electrons. The fraction of sp³-hybridized carbons (Fsp3) is 0.0741. The molecule has 0 saturated carbocycles. The number of hydrogen-bond acceptors (Lipinski definition) is 7. The van der Waals surface area contributed by atoms with Crippen LogP contribution in [-0.4, -0.2) is 11.9 Å². The van der Waals surface area contributed by atoms with Gasteiger partial charge in [0.25, 0.3) is 0 Å². The first-order valence-electron chi connectivity index (χ1n) is 10.9. The second kappa shape index (κ2) is 7.59. The quantitative estimate of drug-likeness (QED) is 0.351. The Balaban J connectivity index is 1.61. The summed E-state index contributed by atoms with van der Waals surface area (Å²) in [6.07, 6.45) is 0. The van der Waals surface area contributed by atoms with Gasteiger partial charge in [-0.05, 0) is 23.8 Å². The Morgan fingerprint density at radius 1 is 0.943 bits per heavy atom. The third-order valence-electron chi connectivity index (χ3n) is 6.31. The van der Waals surface area contributed by atoms with Crippen molar-refractivity contribution in [3.8, 4) is 5.75 Å². The molecule has 6 rings (SSSR count). The van der Waals surface area contributed by atoms with Gasteiger partial charge in [0.1, 0.15) is 28.7 Å². The molecule has 35 heavy (non-hydrogen) atoms. The Morgan fingerprint density at radius 3 is 2.49 bits per heavy atom. The maximum Gasteiger partial charge on any atom is 0.345 e. The second-order valence-corrected chi connectivity index (χ2v) is 8.24. The zero-order chi connectivity index (χ0) is 24.2. The molecule has 8 heteroatoms. The summed E-state index contributed by atoms with van der Waals surface area (Å²) in [7, 11) is 0. The van der Waals surface area contributed by atoms with E-state index in [9.17, 15) is 14.4 Å². The molecule has 2 aliphatic rings. The first kappa shape index (κ1) is 20.7. The number of ether oxygens (including phenoxy) is 2. The van der Waals surface area contributed by atoms with E-state index in [2.05, 4.69) is 5.32 Å². The summed E-state index contributed by atoms with van der Waals surface area (Å²) in [5, 5.41) is 3.22. The van der Waals surface area contributed by atoms with E-state index in [-0.39, 0.29) is 35.0 Å². The number of nitrogens with two attached hydrogens (primary N) is 1. The van der Waals surface area contributed by atoms with E-state index in [0.29, 0.717) is 16.6 Å². The molecule has 1 aromatic heterocycles. The highest BCUT2D eigenvalue weighted by molar-refractivity contribution is 6.18. The zero-order valence-electron chi connectivity index (χ0n) is 18.2. The summed E-state index contributed by atoms with van der Waals surface area (Å²) in [5.74, 6) is -1.75. The fourth-order valence-electron chi connectivity index (χ4n) is 4.82. The lowest BCUT2D eigenvalue weighted by Gasteiger charge is -2.34. The van der Waals surface area contributed by atoms with E-state index in [1.807, 2.05) is 18.2 Å². The zero-order valence-corrected chi connectivity index (χ0v) is 18.2. The summed E-state index contributed by atoms with van der Waals surface area (Å²) in [6.45, 7) is -0.0605. The number of anilines is 1. The van der Waals surface area contributed by atoms with Crippen LogP contribution in [0.1, 0.15) is 16.7 Å². The number of rotatable bonds is 3. The van der Waals surface area contributed by atoms with Crippen molar-refractivity contribution < 1.29 is 23.5 Å². The molecular formula is C27H18N2O6. The van der Waals surface area contributed by atoms with Gasteiger partial charge in [0, 0.05) is 11.3 Å². The van der Waals surface area contributed by atoms with Crippen LogP contribution >= 0.6 is 0 Å². The predicted octanol–water partition coefficient (Wildman–Crippen LogP) is 3.34. The molecule has 4 aromatic rings. The SMILES string of the molecule is NC1=C(C(=O)OCc2ccccc2)C2(C(=O)Nc3ccccc32)c2c(c3ccccc3oc2=O)O1. The smallest absolute Gasteiger partial charge is 0.345 e. The number of para-hydroxylation sites is 2. The fourth-order valence-corrected chi connectivity index (χ4v) is 4.82. The molecule has 8 nitrogen and oxygen atoms in total. The number of carbonyl (C=O) groups is 2. The van der Waals surface area contributed by atoms with Crippen LogP contribution in [0.4, 0.5) is 5.69 Å². The van der Waals surface area contributed by atoms with Crippen molar-refractivity contribution in [1.82, 2.24) is 0 Å². The van der Waals surface area contributed by atoms with Gasteiger partial charge < -0.3 is 24.9 Å². The molecule has 3 N–H and O–H groups in total. The van der Waals surface area contributed by atoms with Crippen molar-refractivity contribution in [1.29, 1.82) is 0 Å². The first-order chi connectivity index (χ1) is 17.0. The number of benzene rings is 3. The summed E-state index contributed by atoms with van der Waals surface area (Å²) in [4.78, 5) is 40.7. The van der Waals surface area contributed by atoms with Gasteiger partial charge in [-0.15, -0.1) is 0 Å². The average Bonchev–Trinajstić information content (AvgIpc) is 3.15. The second-order valence-electron chi connectivity index (χ2n) is 8.24. The molecule has 3 heterocycles. The lowest BCUT2D eigenvalue weighted by atomic mass is 9.68. The normalized spacial score (nSPS) is 18.1. The van der Waals surface area contributed by atoms with Gasteiger partial charge in [0.2, 0.25) is 11.8 Å². The number of carbonyl (C=O) groups excluding carboxylic acids is 2. The molecule has 0 bridgehead atoms. The molecule has 1 amide bonds. The first-order valence-corrected chi connectivity index (χ1v) is 10.9. The third kappa shape index (κ3) is 2.90. The predicted molar refractivity (Wildman–Crippen MR) is 126 cm³/mol. The highest BCUT2D eigenvalue weighted by atomic mass is 16.5. The summed E-state index contributed by atoms with van der Waals surface area (Å²) < 4.78 is 17.0. The van der Waals surface area contributed by atoms with E-state index in [1.54, 1.807) is 60.7 Å². The topological polar surface area (TPSA) is 121 Å². The standard InChI is InChI=1S/C27H18N2O6/c28-23-21(24(30)33-14-15-8-2-1-3-9-15)27(17-11-5-6-12-18(17)29-26(27)32)20-22(35-23)16-10-4-7-13-19(16)34-25(20)31/h1-13H,14,28H2,(H,29,32). The molecule has 1 atom stereocenters. The van der Waals surface area contributed by atoms with Crippen LogP contribution in [0.25, 0.3) is 11.0 Å². The number of nitrogens with one attached hydrogen (secondary N) is 1. The Morgan fingerprint density at radius 2 is 1.66 bits per heavy atom. The minimum Gasteiger partial charge on any atom is -0.457 e. The van der Waals surface area contributed by atoms with Gasteiger partial charge in [-0.3, -0.25) is 4.79 Å². The van der Waals surface area contributed by atoms with Crippen LogP contribution in [0.15, 0.2) is 99.5 Å². The van der Waals surface area contributed by atoms with Gasteiger partial charge in [-0.2, -0.15) is 0 Å². The highest BCUT2D eigenvalue weighted by Gasteiger charge is 2.60. The maximum absolute atomic E-state index is 13.7.